The molecule has 3 aliphatic heterocycles. The van der Waals surface area contributed by atoms with E-state index in [1.807, 2.05) is 6.92 Å². The van der Waals surface area contributed by atoms with Gasteiger partial charge in [0.2, 0.25) is 5.91 Å². The molecule has 1 N–H and O–H groups in total. The predicted octanol–water partition coefficient (Wildman–Crippen LogP) is 4.63. The minimum atomic E-state index is 0.275. The van der Waals surface area contributed by atoms with E-state index in [2.05, 4.69) is 21.2 Å². The Hall–Kier alpha value is -1.13. The number of hydrogen-bond donors (Lipinski definition) is 1. The lowest BCUT2D eigenvalue weighted by Gasteiger charge is -2.45. The Labute approximate surface area is 183 Å². The Morgan fingerprint density at radius 3 is 2.63 bits per heavy atom. The topological polar surface area (TPSA) is 35.6 Å². The molecular weight excluding hydrogens is 370 g/mol. The number of hydrogen-bond acceptors (Lipinski definition) is 3. The Morgan fingerprint density at radius 2 is 1.93 bits per heavy atom. The van der Waals surface area contributed by atoms with Crippen LogP contribution in [-0.2, 0) is 4.79 Å². The van der Waals surface area contributed by atoms with E-state index in [9.17, 15) is 4.79 Å². The molecule has 2 fully saturated rings. The van der Waals surface area contributed by atoms with Crippen LogP contribution in [0.4, 0.5) is 0 Å². The Morgan fingerprint density at radius 1 is 1.13 bits per heavy atom. The van der Waals surface area contributed by atoms with Crippen molar-refractivity contribution in [2.24, 2.45) is 11.3 Å². The summed E-state index contributed by atoms with van der Waals surface area (Å²) >= 11 is 0. The number of nitrogens with zero attached hydrogens (tertiary/aromatic N) is 2. The van der Waals surface area contributed by atoms with Crippen molar-refractivity contribution in [3.05, 3.63) is 22.9 Å². The van der Waals surface area contributed by atoms with Gasteiger partial charge in [-0.05, 0) is 108 Å². The minimum absolute atomic E-state index is 0.275. The van der Waals surface area contributed by atoms with Crippen LogP contribution in [0.3, 0.4) is 0 Å². The molecule has 0 saturated carbocycles. The van der Waals surface area contributed by atoms with E-state index >= 15 is 0 Å². The number of carbonyl (C=O) groups excluding carboxylic acids is 1. The van der Waals surface area contributed by atoms with Gasteiger partial charge in [-0.3, -0.25) is 4.79 Å². The molecule has 4 nitrogen and oxygen atoms in total. The Balaban J connectivity index is 1.36. The smallest absolute Gasteiger partial charge is 0.226 e. The van der Waals surface area contributed by atoms with Crippen LogP contribution in [0.25, 0.3) is 0 Å². The quantitative estimate of drug-likeness (QED) is 0.688. The van der Waals surface area contributed by atoms with Gasteiger partial charge < -0.3 is 15.1 Å². The third-order valence-corrected chi connectivity index (χ3v) is 8.99. The second kappa shape index (κ2) is 8.78. The van der Waals surface area contributed by atoms with Crippen molar-refractivity contribution in [3.8, 4) is 0 Å². The molecule has 2 saturated heterocycles. The third kappa shape index (κ3) is 3.79. The summed E-state index contributed by atoms with van der Waals surface area (Å²) in [6.07, 6.45) is 17.3. The number of fused-ring (bicyclic) bond motifs is 1. The van der Waals surface area contributed by atoms with Gasteiger partial charge >= 0.3 is 0 Å². The number of rotatable bonds is 3. The summed E-state index contributed by atoms with van der Waals surface area (Å²) in [6, 6.07) is 0.776. The monoisotopic (exact) mass is 411 g/mol. The van der Waals surface area contributed by atoms with E-state index < -0.39 is 0 Å². The number of likely N-dealkylation sites (tertiary alicyclic amines) is 1. The molecule has 0 aromatic carbocycles. The summed E-state index contributed by atoms with van der Waals surface area (Å²) in [7, 11) is 0. The zero-order valence-corrected chi connectivity index (χ0v) is 19.1. The van der Waals surface area contributed by atoms with Gasteiger partial charge in [0.15, 0.2) is 0 Å². The van der Waals surface area contributed by atoms with Crippen LogP contribution in [0.15, 0.2) is 22.9 Å². The molecule has 5 aliphatic rings. The maximum absolute atomic E-state index is 12.9. The minimum Gasteiger partial charge on any atom is -0.317 e. The third-order valence-electron chi connectivity index (χ3n) is 8.99. The van der Waals surface area contributed by atoms with E-state index in [0.717, 1.165) is 24.9 Å². The molecule has 30 heavy (non-hydrogen) atoms. The van der Waals surface area contributed by atoms with Gasteiger partial charge in [-0.1, -0.05) is 18.6 Å². The van der Waals surface area contributed by atoms with Crippen LogP contribution >= 0.6 is 0 Å². The fourth-order valence-electron chi connectivity index (χ4n) is 7.17. The molecule has 166 valence electrons. The van der Waals surface area contributed by atoms with E-state index in [-0.39, 0.29) is 5.41 Å². The largest absolute Gasteiger partial charge is 0.317 e. The van der Waals surface area contributed by atoms with Gasteiger partial charge in [-0.25, -0.2) is 0 Å². The normalized spacial score (nSPS) is 30.5. The standard InChI is InChI=1S/C26H41N3O/c1-2-25(30)29-19-26(12-16-28(17-13-26)22-10-14-27-15-11-22)23-18-21(8-9-24(23)29)20-6-4-3-5-7-20/h6,21-22,27H,2-5,7-19H2,1H3. The lowest BCUT2D eigenvalue weighted by Crippen LogP contribution is -2.50. The maximum Gasteiger partial charge on any atom is 0.226 e. The fraction of sp³-hybridized carbons (Fsp3) is 0.808. The average Bonchev–Trinajstić information content (AvgIpc) is 3.13. The summed E-state index contributed by atoms with van der Waals surface area (Å²) in [6.45, 7) is 7.82. The lowest BCUT2D eigenvalue weighted by molar-refractivity contribution is -0.129. The summed E-state index contributed by atoms with van der Waals surface area (Å²) < 4.78 is 0. The molecule has 1 atom stereocenters. The van der Waals surface area contributed by atoms with Crippen LogP contribution < -0.4 is 5.32 Å². The molecule has 5 rings (SSSR count). The molecular formula is C26H41N3O. The fourth-order valence-corrected chi connectivity index (χ4v) is 7.17. The molecule has 1 unspecified atom stereocenters. The SMILES string of the molecule is CCC(=O)N1CC2(CCN(C3CCNCC3)CC2)C2=C1CCC(C1=CCCCC1)C2. The van der Waals surface area contributed by atoms with Crippen molar-refractivity contribution in [1.82, 2.24) is 15.1 Å². The Bertz CT molecular complexity index is 710. The summed E-state index contributed by atoms with van der Waals surface area (Å²) in [5.74, 6) is 1.11. The van der Waals surface area contributed by atoms with Crippen LogP contribution in [0.5, 0.6) is 0 Å². The molecule has 3 heterocycles. The average molecular weight is 412 g/mol. The van der Waals surface area contributed by atoms with Gasteiger partial charge in [-0.2, -0.15) is 0 Å². The molecule has 4 heteroatoms. The summed E-state index contributed by atoms with van der Waals surface area (Å²) in [5.41, 5.74) is 5.18. The first-order valence-corrected chi connectivity index (χ1v) is 12.9. The number of piperidine rings is 2. The van der Waals surface area contributed by atoms with Gasteiger partial charge in [0.25, 0.3) is 0 Å². The van der Waals surface area contributed by atoms with E-state index in [1.54, 1.807) is 11.1 Å². The molecule has 0 bridgehead atoms. The molecule has 0 aromatic rings. The predicted molar refractivity (Wildman–Crippen MR) is 122 cm³/mol. The highest BCUT2D eigenvalue weighted by atomic mass is 16.2. The number of carbonyl (C=O) groups is 1. The van der Waals surface area contributed by atoms with E-state index in [0.29, 0.717) is 12.3 Å². The first kappa shape index (κ1) is 20.8. The molecule has 0 radical (unpaired) electrons. The maximum atomic E-state index is 12.9. The van der Waals surface area contributed by atoms with Crippen molar-refractivity contribution in [2.75, 3.05) is 32.7 Å². The zero-order chi connectivity index (χ0) is 20.6. The molecule has 0 aromatic heterocycles. The highest BCUT2D eigenvalue weighted by Gasteiger charge is 2.49. The summed E-state index contributed by atoms with van der Waals surface area (Å²) in [4.78, 5) is 17.9. The second-order valence-electron chi connectivity index (χ2n) is 10.5. The molecule has 1 spiro atoms. The van der Waals surface area contributed by atoms with Gasteiger partial charge in [-0.15, -0.1) is 0 Å². The van der Waals surface area contributed by atoms with Crippen LogP contribution in [0.1, 0.15) is 84.0 Å². The van der Waals surface area contributed by atoms with Crippen molar-refractivity contribution in [2.45, 2.75) is 90.0 Å². The highest BCUT2D eigenvalue weighted by Crippen LogP contribution is 2.54. The van der Waals surface area contributed by atoms with Crippen molar-refractivity contribution in [1.29, 1.82) is 0 Å². The van der Waals surface area contributed by atoms with E-state index in [1.165, 1.54) is 96.1 Å². The Kier molecular flexibility index (Phi) is 6.07. The first-order valence-electron chi connectivity index (χ1n) is 12.9. The van der Waals surface area contributed by atoms with Crippen molar-refractivity contribution >= 4 is 5.91 Å². The van der Waals surface area contributed by atoms with Gasteiger partial charge in [0, 0.05) is 30.1 Å². The van der Waals surface area contributed by atoms with E-state index in [4.69, 9.17) is 0 Å². The lowest BCUT2D eigenvalue weighted by atomic mass is 9.67. The van der Waals surface area contributed by atoms with Gasteiger partial charge in [0.1, 0.15) is 0 Å². The van der Waals surface area contributed by atoms with Crippen LogP contribution in [-0.4, -0.2) is 54.5 Å². The number of amides is 1. The van der Waals surface area contributed by atoms with Crippen LogP contribution in [0, 0.1) is 11.3 Å². The summed E-state index contributed by atoms with van der Waals surface area (Å²) in [5, 5.41) is 3.52. The van der Waals surface area contributed by atoms with Crippen LogP contribution in [0.2, 0.25) is 0 Å². The number of allylic oxidation sites excluding steroid dienone is 3. The molecule has 1 amide bonds. The zero-order valence-electron chi connectivity index (χ0n) is 19.1. The second-order valence-corrected chi connectivity index (χ2v) is 10.5. The van der Waals surface area contributed by atoms with Gasteiger partial charge in [0.05, 0.1) is 0 Å². The van der Waals surface area contributed by atoms with Crippen molar-refractivity contribution < 1.29 is 4.79 Å². The highest BCUT2D eigenvalue weighted by molar-refractivity contribution is 5.79. The van der Waals surface area contributed by atoms with Crippen molar-refractivity contribution in [3.63, 3.8) is 0 Å². The number of nitrogens with one attached hydrogen (secondary N) is 1. The molecule has 2 aliphatic carbocycles. The first-order chi connectivity index (χ1) is 14.7.